The predicted octanol–water partition coefficient (Wildman–Crippen LogP) is 4.39. The van der Waals surface area contributed by atoms with Crippen molar-refractivity contribution in [3.8, 4) is 11.4 Å². The van der Waals surface area contributed by atoms with Gasteiger partial charge in [-0.05, 0) is 48.5 Å². The molecular formula is C23H14ClFN4O2. The number of aromatic nitrogens is 4. The van der Waals surface area contributed by atoms with Crippen LogP contribution in [0, 0.1) is 5.82 Å². The molecule has 0 spiro atoms. The molecule has 6 nitrogen and oxygen atoms in total. The van der Waals surface area contributed by atoms with Crippen molar-refractivity contribution in [2.24, 2.45) is 0 Å². The van der Waals surface area contributed by atoms with E-state index in [0.29, 0.717) is 32.7 Å². The van der Waals surface area contributed by atoms with Gasteiger partial charge in [-0.25, -0.2) is 14.2 Å². The van der Waals surface area contributed by atoms with Gasteiger partial charge in [0.05, 0.1) is 17.1 Å². The van der Waals surface area contributed by atoms with Crippen LogP contribution in [0.15, 0.2) is 77.6 Å². The number of hydrogen-bond donors (Lipinski definition) is 0. The number of Topliss-reactive ketones (excluding diaryl/α,β-unsaturated/α-hetero) is 1. The number of nitrogens with zero attached hydrogens (tertiary/aromatic N) is 4. The minimum Gasteiger partial charge on any atom is -0.292 e. The summed E-state index contributed by atoms with van der Waals surface area (Å²) in [5, 5.41) is 5.32. The molecule has 8 heteroatoms. The van der Waals surface area contributed by atoms with Gasteiger partial charge in [-0.1, -0.05) is 35.9 Å². The van der Waals surface area contributed by atoms with E-state index in [-0.39, 0.29) is 24.0 Å². The molecule has 0 fully saturated rings. The van der Waals surface area contributed by atoms with E-state index in [0.717, 1.165) is 0 Å². The van der Waals surface area contributed by atoms with E-state index in [1.807, 2.05) is 12.1 Å². The summed E-state index contributed by atoms with van der Waals surface area (Å²) in [6, 6.07) is 19.6. The molecular weight excluding hydrogens is 419 g/mol. The second kappa shape index (κ2) is 7.45. The van der Waals surface area contributed by atoms with Gasteiger partial charge in [0.1, 0.15) is 5.82 Å². The van der Waals surface area contributed by atoms with Crippen molar-refractivity contribution in [1.29, 1.82) is 0 Å². The first-order chi connectivity index (χ1) is 15.0. The van der Waals surface area contributed by atoms with E-state index in [2.05, 4.69) is 10.1 Å². The Morgan fingerprint density at radius 2 is 1.68 bits per heavy atom. The minimum absolute atomic E-state index is 0.204. The van der Waals surface area contributed by atoms with Gasteiger partial charge >= 0.3 is 5.69 Å². The number of ketones is 1. The van der Waals surface area contributed by atoms with Crippen LogP contribution in [-0.4, -0.2) is 24.9 Å². The van der Waals surface area contributed by atoms with E-state index in [1.54, 1.807) is 48.5 Å². The van der Waals surface area contributed by atoms with E-state index in [9.17, 15) is 14.0 Å². The Morgan fingerprint density at radius 3 is 2.45 bits per heavy atom. The van der Waals surface area contributed by atoms with Crippen LogP contribution < -0.4 is 5.69 Å². The van der Waals surface area contributed by atoms with Gasteiger partial charge in [0.15, 0.2) is 17.3 Å². The Hall–Kier alpha value is -3.84. The van der Waals surface area contributed by atoms with Gasteiger partial charge < -0.3 is 0 Å². The van der Waals surface area contributed by atoms with Crippen molar-refractivity contribution >= 4 is 33.9 Å². The third-order valence-corrected chi connectivity index (χ3v) is 5.36. The number of halogens is 2. The van der Waals surface area contributed by atoms with E-state index < -0.39 is 5.69 Å². The monoisotopic (exact) mass is 432 g/mol. The molecule has 2 aromatic heterocycles. The van der Waals surface area contributed by atoms with Gasteiger partial charge in [-0.15, -0.1) is 5.10 Å². The van der Waals surface area contributed by atoms with Gasteiger partial charge in [0.2, 0.25) is 0 Å². The summed E-state index contributed by atoms with van der Waals surface area (Å²) in [6.45, 7) is -0.204. The number of rotatable bonds is 4. The summed E-state index contributed by atoms with van der Waals surface area (Å²) in [6.07, 6.45) is 0. The smallest absolute Gasteiger partial charge is 0.292 e. The largest absolute Gasteiger partial charge is 0.351 e. The zero-order valence-electron chi connectivity index (χ0n) is 16.0. The highest BCUT2D eigenvalue weighted by atomic mass is 35.5. The fraction of sp³-hybridized carbons (Fsp3) is 0.0435. The quantitative estimate of drug-likeness (QED) is 0.395. The molecule has 0 aliphatic carbocycles. The molecule has 5 aromatic rings. The molecule has 0 saturated heterocycles. The summed E-state index contributed by atoms with van der Waals surface area (Å²) >= 11 is 6.16. The summed E-state index contributed by atoms with van der Waals surface area (Å²) < 4.78 is 15.8. The Kier molecular flexibility index (Phi) is 4.60. The lowest BCUT2D eigenvalue weighted by Crippen LogP contribution is -2.30. The Morgan fingerprint density at radius 1 is 0.968 bits per heavy atom. The maximum absolute atomic E-state index is 13.3. The molecule has 0 radical (unpaired) electrons. The summed E-state index contributed by atoms with van der Waals surface area (Å²) in [5.74, 6) is -0.382. The summed E-state index contributed by atoms with van der Waals surface area (Å²) in [7, 11) is 0. The van der Waals surface area contributed by atoms with Crippen LogP contribution in [0.2, 0.25) is 5.02 Å². The highest BCUT2D eigenvalue weighted by molar-refractivity contribution is 6.33. The molecule has 152 valence electrons. The molecule has 2 heterocycles. The second-order valence-corrected chi connectivity index (χ2v) is 7.37. The molecule has 0 amide bonds. The topological polar surface area (TPSA) is 69.3 Å². The summed E-state index contributed by atoms with van der Waals surface area (Å²) in [4.78, 5) is 30.7. The van der Waals surface area contributed by atoms with E-state index >= 15 is 0 Å². The van der Waals surface area contributed by atoms with Crippen LogP contribution in [0.25, 0.3) is 27.9 Å². The molecule has 5 rings (SSSR count). The van der Waals surface area contributed by atoms with Crippen molar-refractivity contribution in [3.05, 3.63) is 99.7 Å². The molecule has 0 aliphatic heterocycles. The maximum atomic E-state index is 13.3. The molecule has 0 bridgehead atoms. The van der Waals surface area contributed by atoms with Crippen molar-refractivity contribution < 1.29 is 9.18 Å². The normalized spacial score (nSPS) is 11.3. The highest BCUT2D eigenvalue weighted by Gasteiger charge is 2.19. The van der Waals surface area contributed by atoms with Gasteiger partial charge in [-0.2, -0.15) is 4.52 Å². The first-order valence-corrected chi connectivity index (χ1v) is 9.83. The fourth-order valence-corrected chi connectivity index (χ4v) is 3.77. The lowest BCUT2D eigenvalue weighted by atomic mass is 10.1. The van der Waals surface area contributed by atoms with Crippen LogP contribution in [0.4, 0.5) is 4.39 Å². The molecule has 0 atom stereocenters. The predicted molar refractivity (Wildman–Crippen MR) is 116 cm³/mol. The summed E-state index contributed by atoms with van der Waals surface area (Å²) in [5.41, 5.74) is 1.33. The van der Waals surface area contributed by atoms with Crippen LogP contribution in [-0.2, 0) is 6.54 Å². The fourth-order valence-electron chi connectivity index (χ4n) is 3.53. The minimum atomic E-state index is -0.505. The Balaban J connectivity index is 1.70. The lowest BCUT2D eigenvalue weighted by molar-refractivity contribution is 0.0972. The average molecular weight is 433 g/mol. The second-order valence-electron chi connectivity index (χ2n) is 6.97. The van der Waals surface area contributed by atoms with Crippen LogP contribution in [0.3, 0.4) is 0 Å². The number of carbonyl (C=O) groups excluding carboxylic acids is 1. The Bertz CT molecular complexity index is 1520. The first-order valence-electron chi connectivity index (χ1n) is 9.45. The van der Waals surface area contributed by atoms with Gasteiger partial charge in [-0.3, -0.25) is 9.36 Å². The van der Waals surface area contributed by atoms with Crippen LogP contribution >= 0.6 is 11.6 Å². The third kappa shape index (κ3) is 3.29. The van der Waals surface area contributed by atoms with Crippen molar-refractivity contribution in [2.45, 2.75) is 6.54 Å². The molecule has 0 saturated carbocycles. The number of benzene rings is 3. The van der Waals surface area contributed by atoms with Crippen molar-refractivity contribution in [1.82, 2.24) is 19.2 Å². The van der Waals surface area contributed by atoms with E-state index in [1.165, 1.54) is 21.2 Å². The zero-order chi connectivity index (χ0) is 21.5. The maximum Gasteiger partial charge on any atom is 0.351 e. The standard InChI is InChI=1S/C23H14ClFN4O2/c24-18-7-3-1-5-16(18)20(30)13-28-19-8-4-2-6-17(19)22-26-21(27-29(22)23(28)31)14-9-11-15(25)12-10-14/h1-12H,13H2. The highest BCUT2D eigenvalue weighted by Crippen LogP contribution is 2.22. The van der Waals surface area contributed by atoms with Crippen molar-refractivity contribution in [3.63, 3.8) is 0 Å². The molecule has 31 heavy (non-hydrogen) atoms. The van der Waals surface area contributed by atoms with Crippen LogP contribution in [0.5, 0.6) is 0 Å². The average Bonchev–Trinajstić information content (AvgIpc) is 3.23. The number of fused-ring (bicyclic) bond motifs is 3. The number of para-hydroxylation sites is 1. The van der Waals surface area contributed by atoms with E-state index in [4.69, 9.17) is 11.6 Å². The lowest BCUT2D eigenvalue weighted by Gasteiger charge is -2.11. The SMILES string of the molecule is O=C(Cn1c(=O)n2nc(-c3ccc(F)cc3)nc2c2ccccc21)c1ccccc1Cl. The number of hydrogen-bond acceptors (Lipinski definition) is 4. The first kappa shape index (κ1) is 19.1. The van der Waals surface area contributed by atoms with Crippen molar-refractivity contribution in [2.75, 3.05) is 0 Å². The van der Waals surface area contributed by atoms with Gasteiger partial charge in [0.25, 0.3) is 0 Å². The third-order valence-electron chi connectivity index (χ3n) is 5.03. The molecule has 0 N–H and O–H groups in total. The van der Waals surface area contributed by atoms with Crippen LogP contribution in [0.1, 0.15) is 10.4 Å². The molecule has 0 aliphatic rings. The van der Waals surface area contributed by atoms with Gasteiger partial charge in [0, 0.05) is 16.5 Å². The molecule has 0 unspecified atom stereocenters. The Labute approximate surface area is 180 Å². The zero-order valence-corrected chi connectivity index (χ0v) is 16.8. The molecule has 3 aromatic carbocycles. The number of carbonyl (C=O) groups is 1.